The van der Waals surface area contributed by atoms with Gasteiger partial charge < -0.3 is 89.9 Å². The highest BCUT2D eigenvalue weighted by Crippen LogP contribution is 2.33. The molecular weight excluding hydrogens is 1350 g/mol. The van der Waals surface area contributed by atoms with Crippen molar-refractivity contribution >= 4 is 5.91 Å². The number of hydrogen-bond acceptors (Lipinski definition) is 18. The second-order valence-corrected chi connectivity index (χ2v) is 30.3. The van der Waals surface area contributed by atoms with E-state index in [1.54, 1.807) is 6.08 Å². The van der Waals surface area contributed by atoms with Gasteiger partial charge in [0.25, 0.3) is 0 Å². The molecule has 0 aromatic rings. The zero-order chi connectivity index (χ0) is 76.7. The lowest BCUT2D eigenvalue weighted by atomic mass is 9.96. The van der Waals surface area contributed by atoms with Crippen LogP contribution in [0.15, 0.2) is 85.1 Å². The second kappa shape index (κ2) is 66.6. The molecule has 17 unspecified atom stereocenters. The van der Waals surface area contributed by atoms with E-state index in [0.29, 0.717) is 6.42 Å². The molecule has 0 radical (unpaired) electrons. The average Bonchev–Trinajstić information content (AvgIpc) is 0.781. The minimum atomic E-state index is -1.98. The van der Waals surface area contributed by atoms with E-state index in [-0.39, 0.29) is 18.9 Å². The molecule has 1 amide bonds. The molecule has 0 aromatic carbocycles. The van der Waals surface area contributed by atoms with Crippen LogP contribution in [0.4, 0.5) is 0 Å². The Bertz CT molecular complexity index is 2240. The van der Waals surface area contributed by atoms with Crippen LogP contribution >= 0.6 is 0 Å². The molecule has 3 aliphatic heterocycles. The summed E-state index contributed by atoms with van der Waals surface area (Å²) in [6.07, 6.45) is 62.9. The number of rotatable bonds is 68. The van der Waals surface area contributed by atoms with E-state index in [1.807, 2.05) is 6.08 Å². The van der Waals surface area contributed by atoms with Crippen molar-refractivity contribution in [3.8, 4) is 0 Å². The van der Waals surface area contributed by atoms with E-state index in [4.69, 9.17) is 28.4 Å². The van der Waals surface area contributed by atoms with Crippen molar-refractivity contribution < 1.29 is 89.4 Å². The molecule has 3 fully saturated rings. The van der Waals surface area contributed by atoms with Gasteiger partial charge in [-0.3, -0.25) is 4.79 Å². The molecular formula is C87H155NO18. The molecule has 19 nitrogen and oxygen atoms in total. The van der Waals surface area contributed by atoms with Crippen LogP contribution in [-0.2, 0) is 33.2 Å². The van der Waals surface area contributed by atoms with Crippen LogP contribution in [0.5, 0.6) is 0 Å². The van der Waals surface area contributed by atoms with Gasteiger partial charge in [0.05, 0.1) is 38.6 Å². The van der Waals surface area contributed by atoms with Gasteiger partial charge in [-0.15, -0.1) is 0 Å². The van der Waals surface area contributed by atoms with Gasteiger partial charge in [-0.25, -0.2) is 0 Å². The lowest BCUT2D eigenvalue weighted by Crippen LogP contribution is -2.66. The Balaban J connectivity index is 1.36. The van der Waals surface area contributed by atoms with Crippen LogP contribution in [0, 0.1) is 0 Å². The number of aliphatic hydroxyl groups is 11. The summed E-state index contributed by atoms with van der Waals surface area (Å²) in [5.41, 5.74) is 0. The molecule has 3 heterocycles. The fourth-order valence-electron chi connectivity index (χ4n) is 14.1. The molecule has 106 heavy (non-hydrogen) atoms. The number of carbonyl (C=O) groups is 1. The van der Waals surface area contributed by atoms with E-state index >= 15 is 0 Å². The minimum Gasteiger partial charge on any atom is -0.394 e. The van der Waals surface area contributed by atoms with E-state index in [2.05, 4.69) is 92.1 Å². The Hall–Kier alpha value is -3.03. The first kappa shape index (κ1) is 97.2. The number of nitrogens with one attached hydrogen (secondary N) is 1. The first-order valence-electron chi connectivity index (χ1n) is 42.8. The molecule has 17 atom stereocenters. The third-order valence-corrected chi connectivity index (χ3v) is 20.9. The average molecular weight is 1500 g/mol. The molecule has 616 valence electrons. The number of aliphatic hydroxyl groups excluding tert-OH is 11. The zero-order valence-corrected chi connectivity index (χ0v) is 66.2. The highest BCUT2D eigenvalue weighted by atomic mass is 16.8. The lowest BCUT2D eigenvalue weighted by molar-refractivity contribution is -0.379. The first-order valence-corrected chi connectivity index (χ1v) is 42.8. The normalized spacial score (nSPS) is 26.1. The maximum atomic E-state index is 13.5. The SMILES string of the molecule is CC/C=C\C/C=C\C/C=C\C/C=C\C/C=C\C/C=C\CCCCCCCCCCCCC(=O)NC(COC1OC(CO)C(OC2OC(CO)C(OC3OC(CO)C(O)C(O)C3O)C(O)C2O)C(O)C1O)C(O)/C=C/CCCCCCCCCCCCCCCCCCCCCCCCCCCCCCCC. The van der Waals surface area contributed by atoms with Crippen LogP contribution in [0.3, 0.4) is 0 Å². The largest absolute Gasteiger partial charge is 0.394 e. The van der Waals surface area contributed by atoms with Crippen molar-refractivity contribution in [3.63, 3.8) is 0 Å². The van der Waals surface area contributed by atoms with Crippen molar-refractivity contribution in [2.24, 2.45) is 0 Å². The van der Waals surface area contributed by atoms with Crippen molar-refractivity contribution in [2.75, 3.05) is 26.4 Å². The Morgan fingerprint density at radius 3 is 1.02 bits per heavy atom. The van der Waals surface area contributed by atoms with Crippen molar-refractivity contribution in [1.29, 1.82) is 0 Å². The molecule has 3 saturated heterocycles. The first-order chi connectivity index (χ1) is 51.8. The van der Waals surface area contributed by atoms with Gasteiger partial charge >= 0.3 is 0 Å². The van der Waals surface area contributed by atoms with Crippen molar-refractivity contribution in [2.45, 2.75) is 433 Å². The summed E-state index contributed by atoms with van der Waals surface area (Å²) in [6.45, 7) is 1.66. The topological polar surface area (TPSA) is 307 Å². The number of allylic oxidation sites excluding steroid dienone is 13. The molecule has 0 saturated carbocycles. The van der Waals surface area contributed by atoms with E-state index in [1.165, 1.54) is 205 Å². The molecule has 19 heteroatoms. The Labute approximate surface area is 641 Å². The summed E-state index contributed by atoms with van der Waals surface area (Å²) in [6, 6.07) is -0.983. The predicted molar refractivity (Wildman–Crippen MR) is 424 cm³/mol. The van der Waals surface area contributed by atoms with Crippen molar-refractivity contribution in [3.05, 3.63) is 85.1 Å². The number of amides is 1. The Morgan fingerprint density at radius 1 is 0.349 bits per heavy atom. The molecule has 0 aliphatic carbocycles. The highest BCUT2D eigenvalue weighted by Gasteiger charge is 2.54. The number of ether oxygens (including phenoxy) is 6. The van der Waals surface area contributed by atoms with Gasteiger partial charge in [0, 0.05) is 6.42 Å². The summed E-state index contributed by atoms with van der Waals surface area (Å²) < 4.78 is 34.5. The summed E-state index contributed by atoms with van der Waals surface area (Å²) in [5, 5.41) is 121. The smallest absolute Gasteiger partial charge is 0.220 e. The fourth-order valence-corrected chi connectivity index (χ4v) is 14.1. The van der Waals surface area contributed by atoms with Crippen LogP contribution in [0.1, 0.15) is 328 Å². The molecule has 3 aliphatic rings. The summed E-state index contributed by atoms with van der Waals surface area (Å²) in [7, 11) is 0. The maximum absolute atomic E-state index is 13.5. The summed E-state index contributed by atoms with van der Waals surface area (Å²) in [5.74, 6) is -0.279. The summed E-state index contributed by atoms with van der Waals surface area (Å²) >= 11 is 0. The predicted octanol–water partition coefficient (Wildman–Crippen LogP) is 15.3. The third-order valence-electron chi connectivity index (χ3n) is 20.9. The van der Waals surface area contributed by atoms with Crippen LogP contribution in [-0.4, -0.2) is 193 Å². The third kappa shape index (κ3) is 45.5. The molecule has 0 spiro atoms. The molecule has 3 rings (SSSR count). The lowest BCUT2D eigenvalue weighted by Gasteiger charge is -2.48. The van der Waals surface area contributed by atoms with Gasteiger partial charge in [0.2, 0.25) is 5.91 Å². The monoisotopic (exact) mass is 1500 g/mol. The quantitative estimate of drug-likeness (QED) is 0.0199. The fraction of sp³-hybridized carbons (Fsp3) is 0.828. The van der Waals surface area contributed by atoms with Crippen LogP contribution < -0.4 is 5.32 Å². The number of unbranched alkanes of at least 4 members (excludes halogenated alkanes) is 40. The molecule has 12 N–H and O–H groups in total. The summed E-state index contributed by atoms with van der Waals surface area (Å²) in [4.78, 5) is 13.5. The highest BCUT2D eigenvalue weighted by molar-refractivity contribution is 5.76. The minimum absolute atomic E-state index is 0.234. The van der Waals surface area contributed by atoms with E-state index < -0.39 is 124 Å². The van der Waals surface area contributed by atoms with Gasteiger partial charge in [-0.05, 0) is 70.6 Å². The number of carbonyl (C=O) groups excluding carboxylic acids is 1. The van der Waals surface area contributed by atoms with Crippen LogP contribution in [0.25, 0.3) is 0 Å². The van der Waals surface area contributed by atoms with E-state index in [0.717, 1.165) is 96.3 Å². The zero-order valence-electron chi connectivity index (χ0n) is 66.2. The molecule has 0 bridgehead atoms. The Kier molecular flexibility index (Phi) is 61.0. The van der Waals surface area contributed by atoms with Gasteiger partial charge in [-0.1, -0.05) is 336 Å². The Morgan fingerprint density at radius 2 is 0.651 bits per heavy atom. The molecule has 0 aromatic heterocycles. The van der Waals surface area contributed by atoms with Crippen LogP contribution in [0.2, 0.25) is 0 Å². The van der Waals surface area contributed by atoms with Gasteiger partial charge in [-0.2, -0.15) is 0 Å². The number of hydrogen-bond donors (Lipinski definition) is 12. The van der Waals surface area contributed by atoms with Gasteiger partial charge in [0.1, 0.15) is 73.2 Å². The van der Waals surface area contributed by atoms with Crippen molar-refractivity contribution in [1.82, 2.24) is 5.32 Å². The van der Waals surface area contributed by atoms with E-state index in [9.17, 15) is 61.0 Å². The van der Waals surface area contributed by atoms with Gasteiger partial charge in [0.15, 0.2) is 18.9 Å². The second-order valence-electron chi connectivity index (χ2n) is 30.3. The standard InChI is InChI=1S/C87H155NO18/c1-3-5-7-9-11-13-15-17-19-21-23-25-27-29-31-33-34-35-37-38-40-42-44-46-48-50-52-54-56-58-60-62-64-71(92)70(88-75(93)65-63-61-59-57-55-53-51-49-47-45-43-41-39-36-32-30-28-26-24-22-20-18-16-14-12-10-8-6-4-2)69-101-85-81(99)78(96)83(73(67-90)103-85)106-87-82(100)79(97)84(74(68-91)104-87)105-86-80(98)77(95)76(94)72(66-89)102-86/h6,8,12,14,18,20,24,26,30,32,39,41,62,64,70-74,76-87,89-92,94-100H,3-5,7,9-11,13,15-17,19,21-23,25,27-29,31,33-38,40,42-61,63,65-69H2,1-2H3,(H,88,93)/b8-6-,14-12-,20-18-,26-24-,32-30-,41-39-,64-62+. The maximum Gasteiger partial charge on any atom is 0.220 e.